The SMILES string of the molecule is C=C1CN(c2cc(OC)c(OC)c(OC)c2)C1=O.C=CC(=O)Oc1ccccc1OC. The molecule has 1 saturated heterocycles. The first-order valence-electron chi connectivity index (χ1n) is 9.17. The number of benzene rings is 2. The Kier molecular flexibility index (Phi) is 8.08. The average Bonchev–Trinajstić information content (AvgIpc) is 2.81. The third-order valence-electron chi connectivity index (χ3n) is 4.30. The quantitative estimate of drug-likeness (QED) is 0.290. The smallest absolute Gasteiger partial charge is 0.335 e. The highest BCUT2D eigenvalue weighted by molar-refractivity contribution is 6.13. The molecule has 31 heavy (non-hydrogen) atoms. The van der Waals surface area contributed by atoms with Crippen LogP contribution in [-0.2, 0) is 9.59 Å². The lowest BCUT2D eigenvalue weighted by atomic mass is 10.1. The number of amides is 1. The van der Waals surface area contributed by atoms with Crippen LogP contribution in [0.5, 0.6) is 28.7 Å². The Hall–Kier alpha value is -3.94. The fourth-order valence-corrected chi connectivity index (χ4v) is 2.71. The Morgan fingerprint density at radius 3 is 1.90 bits per heavy atom. The molecule has 1 aliphatic heterocycles. The van der Waals surface area contributed by atoms with Crippen molar-refractivity contribution in [2.45, 2.75) is 0 Å². The number of nitrogens with zero attached hydrogens (tertiary/aromatic N) is 1. The van der Waals surface area contributed by atoms with E-state index in [1.54, 1.807) is 41.3 Å². The second-order valence-electron chi connectivity index (χ2n) is 6.15. The van der Waals surface area contributed by atoms with Crippen LogP contribution in [0.4, 0.5) is 5.69 Å². The molecule has 1 fully saturated rings. The summed E-state index contributed by atoms with van der Waals surface area (Å²) in [5.74, 6) is 1.91. The van der Waals surface area contributed by atoms with E-state index in [9.17, 15) is 9.59 Å². The number of para-hydroxylation sites is 2. The van der Waals surface area contributed by atoms with E-state index in [-0.39, 0.29) is 5.91 Å². The van der Waals surface area contributed by atoms with Crippen molar-refractivity contribution >= 4 is 17.6 Å². The highest BCUT2D eigenvalue weighted by atomic mass is 16.6. The van der Waals surface area contributed by atoms with Gasteiger partial charge < -0.3 is 28.6 Å². The number of esters is 1. The second kappa shape index (κ2) is 10.7. The molecule has 2 aromatic carbocycles. The minimum absolute atomic E-state index is 0.0794. The van der Waals surface area contributed by atoms with Gasteiger partial charge in [0.25, 0.3) is 5.91 Å². The van der Waals surface area contributed by atoms with E-state index in [1.807, 2.05) is 0 Å². The lowest BCUT2D eigenvalue weighted by Gasteiger charge is -2.33. The Bertz CT molecular complexity index is 959. The Labute approximate surface area is 181 Å². The lowest BCUT2D eigenvalue weighted by Crippen LogP contribution is -2.45. The van der Waals surface area contributed by atoms with E-state index in [2.05, 4.69) is 13.2 Å². The van der Waals surface area contributed by atoms with Gasteiger partial charge >= 0.3 is 5.97 Å². The molecule has 1 aliphatic rings. The zero-order valence-electron chi connectivity index (χ0n) is 18.0. The number of methoxy groups -OCH3 is 4. The number of rotatable bonds is 7. The van der Waals surface area contributed by atoms with Crippen molar-refractivity contribution in [1.82, 2.24) is 0 Å². The number of hydrogen-bond donors (Lipinski definition) is 0. The van der Waals surface area contributed by atoms with Gasteiger partial charge in [0.1, 0.15) is 0 Å². The van der Waals surface area contributed by atoms with Crippen LogP contribution in [0.2, 0.25) is 0 Å². The van der Waals surface area contributed by atoms with Crippen molar-refractivity contribution in [2.75, 3.05) is 39.9 Å². The van der Waals surface area contributed by atoms with Crippen LogP contribution in [-0.4, -0.2) is 46.9 Å². The van der Waals surface area contributed by atoms with Gasteiger partial charge in [0.15, 0.2) is 23.0 Å². The van der Waals surface area contributed by atoms with Gasteiger partial charge in [-0.05, 0) is 12.1 Å². The van der Waals surface area contributed by atoms with E-state index < -0.39 is 5.97 Å². The highest BCUT2D eigenvalue weighted by Crippen LogP contribution is 2.42. The zero-order chi connectivity index (χ0) is 23.0. The standard InChI is InChI=1S/C13H15NO4.C10H10O3/c1-8-7-14(13(8)15)9-5-10(16-2)12(18-4)11(6-9)17-3;1-3-10(11)13-9-7-5-4-6-8(9)12-2/h5-6H,1,7H2,2-4H3;3-7H,1H2,2H3. The molecular weight excluding hydrogens is 402 g/mol. The fraction of sp³-hybridized carbons (Fsp3) is 0.217. The predicted molar refractivity (Wildman–Crippen MR) is 116 cm³/mol. The van der Waals surface area contributed by atoms with E-state index >= 15 is 0 Å². The third-order valence-corrected chi connectivity index (χ3v) is 4.30. The van der Waals surface area contributed by atoms with E-state index in [0.717, 1.165) is 6.08 Å². The van der Waals surface area contributed by atoms with E-state index in [0.29, 0.717) is 46.6 Å². The summed E-state index contributed by atoms with van der Waals surface area (Å²) in [5.41, 5.74) is 1.31. The van der Waals surface area contributed by atoms with Crippen LogP contribution in [0.25, 0.3) is 0 Å². The van der Waals surface area contributed by atoms with Gasteiger partial charge in [-0.2, -0.15) is 0 Å². The van der Waals surface area contributed by atoms with Gasteiger partial charge in [0.2, 0.25) is 5.75 Å². The van der Waals surface area contributed by atoms with Gasteiger partial charge in [-0.25, -0.2) is 4.79 Å². The van der Waals surface area contributed by atoms with E-state index in [1.165, 1.54) is 28.4 Å². The molecule has 0 radical (unpaired) electrons. The van der Waals surface area contributed by atoms with Gasteiger partial charge in [-0.1, -0.05) is 25.3 Å². The molecule has 1 amide bonds. The molecule has 0 spiro atoms. The molecule has 0 bridgehead atoms. The summed E-state index contributed by atoms with van der Waals surface area (Å²) in [4.78, 5) is 24.1. The van der Waals surface area contributed by atoms with Crippen molar-refractivity contribution < 1.29 is 33.3 Å². The summed E-state index contributed by atoms with van der Waals surface area (Å²) >= 11 is 0. The Balaban J connectivity index is 0.000000233. The van der Waals surface area contributed by atoms with Crippen molar-refractivity contribution in [2.24, 2.45) is 0 Å². The number of ether oxygens (including phenoxy) is 5. The summed E-state index contributed by atoms with van der Waals surface area (Å²) in [6, 6.07) is 10.4. The van der Waals surface area contributed by atoms with Crippen LogP contribution in [0, 0.1) is 0 Å². The summed E-state index contributed by atoms with van der Waals surface area (Å²) < 4.78 is 25.6. The molecular formula is C23H25NO7. The second-order valence-corrected chi connectivity index (χ2v) is 6.15. The monoisotopic (exact) mass is 427 g/mol. The maximum absolute atomic E-state index is 11.6. The first-order valence-corrected chi connectivity index (χ1v) is 9.17. The minimum atomic E-state index is -0.496. The van der Waals surface area contributed by atoms with Crippen LogP contribution in [0.3, 0.4) is 0 Å². The third kappa shape index (κ3) is 5.36. The van der Waals surface area contributed by atoms with Gasteiger partial charge in [-0.15, -0.1) is 0 Å². The topological polar surface area (TPSA) is 83.5 Å². The average molecular weight is 427 g/mol. The molecule has 0 aliphatic carbocycles. The summed E-state index contributed by atoms with van der Waals surface area (Å²) in [6.45, 7) is 7.48. The zero-order valence-corrected chi connectivity index (χ0v) is 18.0. The first-order chi connectivity index (χ1) is 14.9. The first kappa shape index (κ1) is 23.3. The van der Waals surface area contributed by atoms with Gasteiger partial charge in [0, 0.05) is 23.8 Å². The summed E-state index contributed by atoms with van der Waals surface area (Å²) in [7, 11) is 6.13. The predicted octanol–water partition coefficient (Wildman–Crippen LogP) is 3.40. The van der Waals surface area contributed by atoms with Crippen molar-refractivity contribution in [1.29, 1.82) is 0 Å². The van der Waals surface area contributed by atoms with E-state index in [4.69, 9.17) is 23.7 Å². The van der Waals surface area contributed by atoms with Gasteiger partial charge in [0.05, 0.1) is 40.7 Å². The molecule has 0 saturated carbocycles. The molecule has 0 aromatic heterocycles. The molecule has 2 aromatic rings. The molecule has 8 heteroatoms. The van der Waals surface area contributed by atoms with Crippen LogP contribution in [0.15, 0.2) is 61.2 Å². The molecule has 8 nitrogen and oxygen atoms in total. The fourth-order valence-electron chi connectivity index (χ4n) is 2.71. The largest absolute Gasteiger partial charge is 0.493 e. The number of carbonyl (C=O) groups excluding carboxylic acids is 2. The Morgan fingerprint density at radius 1 is 0.935 bits per heavy atom. The highest BCUT2D eigenvalue weighted by Gasteiger charge is 2.31. The van der Waals surface area contributed by atoms with Crippen molar-refractivity contribution in [3.63, 3.8) is 0 Å². The maximum atomic E-state index is 11.6. The van der Waals surface area contributed by atoms with Crippen molar-refractivity contribution in [3.05, 3.63) is 61.2 Å². The minimum Gasteiger partial charge on any atom is -0.493 e. The normalized spacial score (nSPS) is 12.1. The van der Waals surface area contributed by atoms with Crippen LogP contribution >= 0.6 is 0 Å². The summed E-state index contributed by atoms with van der Waals surface area (Å²) in [6.07, 6.45) is 1.10. The van der Waals surface area contributed by atoms with Crippen LogP contribution in [0.1, 0.15) is 0 Å². The molecule has 0 unspecified atom stereocenters. The lowest BCUT2D eigenvalue weighted by molar-refractivity contribution is -0.129. The number of hydrogen-bond acceptors (Lipinski definition) is 7. The number of carbonyl (C=O) groups is 2. The summed E-state index contributed by atoms with van der Waals surface area (Å²) in [5, 5.41) is 0. The maximum Gasteiger partial charge on any atom is 0.335 e. The molecule has 0 N–H and O–H groups in total. The van der Waals surface area contributed by atoms with Crippen molar-refractivity contribution in [3.8, 4) is 28.7 Å². The molecule has 0 atom stereocenters. The number of anilines is 1. The molecule has 164 valence electrons. The number of β-lactam (4-membered cyclic amide) rings is 1. The van der Waals surface area contributed by atoms with Gasteiger partial charge in [-0.3, -0.25) is 4.79 Å². The van der Waals surface area contributed by atoms with Crippen LogP contribution < -0.4 is 28.6 Å². The molecule has 3 rings (SSSR count). The Morgan fingerprint density at radius 2 is 1.48 bits per heavy atom. The molecule has 1 heterocycles.